The van der Waals surface area contributed by atoms with Gasteiger partial charge in [-0.1, -0.05) is 28.8 Å². The number of halogens is 2. The van der Waals surface area contributed by atoms with Crippen LogP contribution in [-0.4, -0.2) is 24.2 Å². The van der Waals surface area contributed by atoms with Crippen molar-refractivity contribution < 1.29 is 9.90 Å². The number of rotatable bonds is 4. The Morgan fingerprint density at radius 2 is 2.11 bits per heavy atom. The molecule has 1 fully saturated rings. The Morgan fingerprint density at radius 1 is 1.42 bits per heavy atom. The second kappa shape index (κ2) is 6.54. The van der Waals surface area contributed by atoms with Gasteiger partial charge < -0.3 is 10.4 Å². The summed E-state index contributed by atoms with van der Waals surface area (Å²) < 4.78 is 1.83. The highest BCUT2D eigenvalue weighted by Crippen LogP contribution is 2.37. The van der Waals surface area contributed by atoms with E-state index in [2.05, 4.69) is 43.8 Å². The lowest BCUT2D eigenvalue weighted by molar-refractivity contribution is 0.0880. The van der Waals surface area contributed by atoms with Gasteiger partial charge in [0.15, 0.2) is 0 Å². The van der Waals surface area contributed by atoms with E-state index in [4.69, 9.17) is 0 Å². The van der Waals surface area contributed by atoms with Crippen LogP contribution >= 0.6 is 38.5 Å². The molecular weight excluding hydrogens is 421 g/mol. The van der Waals surface area contributed by atoms with Crippen molar-refractivity contribution in [2.75, 3.05) is 13.2 Å². The van der Waals surface area contributed by atoms with Crippen molar-refractivity contribution >= 4 is 44.4 Å². The first-order chi connectivity index (χ1) is 9.06. The van der Waals surface area contributed by atoms with Crippen LogP contribution in [0.25, 0.3) is 0 Å². The molecule has 5 heteroatoms. The van der Waals surface area contributed by atoms with Crippen LogP contribution < -0.4 is 5.32 Å². The average Bonchev–Trinajstić information content (AvgIpc) is 2.88. The summed E-state index contributed by atoms with van der Waals surface area (Å²) in [5, 5.41) is 12.5. The molecule has 0 saturated heterocycles. The lowest BCUT2D eigenvalue weighted by Crippen LogP contribution is -2.38. The van der Waals surface area contributed by atoms with Crippen molar-refractivity contribution in [3.63, 3.8) is 0 Å². The first kappa shape index (κ1) is 15.3. The largest absolute Gasteiger partial charge is 0.396 e. The highest BCUT2D eigenvalue weighted by atomic mass is 127. The minimum atomic E-state index is -0.104. The second-order valence-electron chi connectivity index (χ2n) is 5.17. The molecule has 2 rings (SSSR count). The molecule has 1 aromatic carbocycles. The number of aliphatic hydroxyl groups is 1. The van der Waals surface area contributed by atoms with Crippen molar-refractivity contribution in [2.24, 2.45) is 5.41 Å². The van der Waals surface area contributed by atoms with Crippen molar-refractivity contribution in [2.45, 2.75) is 25.7 Å². The molecule has 0 aliphatic heterocycles. The number of nitrogens with one attached hydrogen (secondary N) is 1. The van der Waals surface area contributed by atoms with E-state index in [1.54, 1.807) is 0 Å². The minimum Gasteiger partial charge on any atom is -0.396 e. The molecule has 1 amide bonds. The highest BCUT2D eigenvalue weighted by Gasteiger charge is 2.33. The Bertz CT molecular complexity index is 473. The number of aliphatic hydroxyl groups excluding tert-OH is 1. The fraction of sp³-hybridized carbons (Fsp3) is 0.500. The summed E-state index contributed by atoms with van der Waals surface area (Å²) in [7, 11) is 0. The molecule has 1 aliphatic carbocycles. The Kier molecular flexibility index (Phi) is 5.25. The Balaban J connectivity index is 2.03. The van der Waals surface area contributed by atoms with Gasteiger partial charge in [0, 0.05) is 20.0 Å². The third kappa shape index (κ3) is 3.70. The van der Waals surface area contributed by atoms with Gasteiger partial charge in [0.05, 0.1) is 12.2 Å². The number of carbonyl (C=O) groups is 1. The standard InChI is InChI=1S/C14H17BrINO2/c15-10-3-4-12(16)11(7-10)13(19)17-8-14(9-18)5-1-2-6-14/h3-4,7,18H,1-2,5-6,8-9H2,(H,17,19). The fourth-order valence-corrected chi connectivity index (χ4v) is 3.49. The van der Waals surface area contributed by atoms with Gasteiger partial charge in [-0.25, -0.2) is 0 Å². The maximum atomic E-state index is 12.2. The molecule has 0 spiro atoms. The van der Waals surface area contributed by atoms with Crippen LogP contribution in [0.3, 0.4) is 0 Å². The number of benzene rings is 1. The van der Waals surface area contributed by atoms with E-state index < -0.39 is 0 Å². The quantitative estimate of drug-likeness (QED) is 0.709. The molecule has 1 aliphatic rings. The van der Waals surface area contributed by atoms with E-state index in [0.717, 1.165) is 33.7 Å². The molecule has 0 radical (unpaired) electrons. The maximum absolute atomic E-state index is 12.2. The van der Waals surface area contributed by atoms with E-state index >= 15 is 0 Å². The molecule has 19 heavy (non-hydrogen) atoms. The lowest BCUT2D eigenvalue weighted by Gasteiger charge is -2.26. The van der Waals surface area contributed by atoms with Gasteiger partial charge in [-0.3, -0.25) is 4.79 Å². The number of hydrogen-bond acceptors (Lipinski definition) is 2. The van der Waals surface area contributed by atoms with Crippen LogP contribution in [-0.2, 0) is 0 Å². The highest BCUT2D eigenvalue weighted by molar-refractivity contribution is 14.1. The Hall–Kier alpha value is -0.140. The van der Waals surface area contributed by atoms with Gasteiger partial charge in [-0.15, -0.1) is 0 Å². The first-order valence-corrected chi connectivity index (χ1v) is 8.28. The number of carbonyl (C=O) groups excluding carboxylic acids is 1. The molecule has 0 bridgehead atoms. The molecule has 2 N–H and O–H groups in total. The van der Waals surface area contributed by atoms with Gasteiger partial charge in [0.2, 0.25) is 0 Å². The second-order valence-corrected chi connectivity index (χ2v) is 7.25. The van der Waals surface area contributed by atoms with Gasteiger partial charge >= 0.3 is 0 Å². The van der Waals surface area contributed by atoms with Crippen LogP contribution in [0.2, 0.25) is 0 Å². The molecule has 0 heterocycles. The van der Waals surface area contributed by atoms with Crippen LogP contribution in [0.15, 0.2) is 22.7 Å². The van der Waals surface area contributed by atoms with E-state index in [0.29, 0.717) is 12.1 Å². The molecule has 1 aromatic rings. The Morgan fingerprint density at radius 3 is 2.74 bits per heavy atom. The lowest BCUT2D eigenvalue weighted by atomic mass is 9.87. The van der Waals surface area contributed by atoms with Crippen molar-refractivity contribution in [1.29, 1.82) is 0 Å². The number of amides is 1. The summed E-state index contributed by atoms with van der Waals surface area (Å²) in [5.74, 6) is -0.0644. The van der Waals surface area contributed by atoms with E-state index in [9.17, 15) is 9.90 Å². The first-order valence-electron chi connectivity index (χ1n) is 6.40. The van der Waals surface area contributed by atoms with Crippen LogP contribution in [0.5, 0.6) is 0 Å². The summed E-state index contributed by atoms with van der Waals surface area (Å²) in [5.41, 5.74) is 0.577. The van der Waals surface area contributed by atoms with Gasteiger partial charge in [0.1, 0.15) is 0 Å². The van der Waals surface area contributed by atoms with E-state index in [-0.39, 0.29) is 17.9 Å². The summed E-state index contributed by atoms with van der Waals surface area (Å²) in [6, 6.07) is 5.67. The van der Waals surface area contributed by atoms with E-state index in [1.807, 2.05) is 18.2 Å². The molecule has 104 valence electrons. The predicted molar refractivity (Wildman–Crippen MR) is 87.2 cm³/mol. The SMILES string of the molecule is O=C(NCC1(CO)CCCC1)c1cc(Br)ccc1I. The summed E-state index contributed by atoms with van der Waals surface area (Å²) >= 11 is 5.54. The third-order valence-electron chi connectivity index (χ3n) is 3.80. The zero-order valence-corrected chi connectivity index (χ0v) is 14.3. The molecule has 3 nitrogen and oxygen atoms in total. The topological polar surface area (TPSA) is 49.3 Å². The summed E-state index contributed by atoms with van der Waals surface area (Å²) in [6.45, 7) is 0.716. The summed E-state index contributed by atoms with van der Waals surface area (Å²) in [4.78, 5) is 12.2. The number of hydrogen-bond donors (Lipinski definition) is 2. The molecule has 0 aromatic heterocycles. The van der Waals surface area contributed by atoms with Crippen molar-refractivity contribution in [3.8, 4) is 0 Å². The minimum absolute atomic E-state index is 0.0644. The zero-order chi connectivity index (χ0) is 13.9. The maximum Gasteiger partial charge on any atom is 0.252 e. The van der Waals surface area contributed by atoms with Crippen LogP contribution in [0.4, 0.5) is 0 Å². The van der Waals surface area contributed by atoms with Crippen molar-refractivity contribution in [3.05, 3.63) is 31.8 Å². The molecule has 1 saturated carbocycles. The van der Waals surface area contributed by atoms with Gasteiger partial charge in [0.25, 0.3) is 5.91 Å². The smallest absolute Gasteiger partial charge is 0.252 e. The fourth-order valence-electron chi connectivity index (χ4n) is 2.55. The van der Waals surface area contributed by atoms with Crippen LogP contribution in [0, 0.1) is 8.99 Å². The van der Waals surface area contributed by atoms with E-state index in [1.165, 1.54) is 0 Å². The third-order valence-corrected chi connectivity index (χ3v) is 5.23. The molecule has 0 atom stereocenters. The van der Waals surface area contributed by atoms with Gasteiger partial charge in [-0.2, -0.15) is 0 Å². The molecule has 0 unspecified atom stereocenters. The van der Waals surface area contributed by atoms with Gasteiger partial charge in [-0.05, 0) is 53.6 Å². The van der Waals surface area contributed by atoms with Crippen molar-refractivity contribution in [1.82, 2.24) is 5.32 Å². The molecular formula is C14H17BrINO2. The monoisotopic (exact) mass is 437 g/mol. The Labute approximate surface area is 135 Å². The average molecular weight is 438 g/mol. The summed E-state index contributed by atoms with van der Waals surface area (Å²) in [6.07, 6.45) is 4.29. The normalized spacial score (nSPS) is 17.4. The predicted octanol–water partition coefficient (Wildman–Crippen LogP) is 3.34. The van der Waals surface area contributed by atoms with Crippen LogP contribution in [0.1, 0.15) is 36.0 Å². The zero-order valence-electron chi connectivity index (χ0n) is 10.6.